The Morgan fingerprint density at radius 3 is 2.55 bits per heavy atom. The third-order valence-electron chi connectivity index (χ3n) is 2.75. The lowest BCUT2D eigenvalue weighted by Crippen LogP contribution is -2.46. The fourth-order valence-corrected chi connectivity index (χ4v) is 1.91. The zero-order chi connectivity index (χ0) is 15.4. The molecule has 0 radical (unpaired) electrons. The van der Waals surface area contributed by atoms with E-state index in [4.69, 9.17) is 9.47 Å². The Balaban J connectivity index is 2.70. The van der Waals surface area contributed by atoms with Crippen LogP contribution < -0.4 is 0 Å². The summed E-state index contributed by atoms with van der Waals surface area (Å²) in [5.74, 6) is 0. The molecule has 0 aliphatic carbocycles. The fourth-order valence-electron chi connectivity index (χ4n) is 1.91. The van der Waals surface area contributed by atoms with Crippen molar-refractivity contribution in [3.63, 3.8) is 0 Å². The first kappa shape index (κ1) is 16.5. The third-order valence-corrected chi connectivity index (χ3v) is 2.75. The SMILES string of the molecule is C=C/C=C\C=C\C1CN(C(=O)OC(C)(C)C)C(C)(C)O1. The zero-order valence-electron chi connectivity index (χ0n) is 13.1. The number of hydrogen-bond donors (Lipinski definition) is 0. The van der Waals surface area contributed by atoms with Gasteiger partial charge in [-0.05, 0) is 34.6 Å². The van der Waals surface area contributed by atoms with Gasteiger partial charge in [-0.25, -0.2) is 4.79 Å². The summed E-state index contributed by atoms with van der Waals surface area (Å²) in [7, 11) is 0. The highest BCUT2D eigenvalue weighted by atomic mass is 16.6. The summed E-state index contributed by atoms with van der Waals surface area (Å²) in [6.07, 6.45) is 8.75. The maximum Gasteiger partial charge on any atom is 0.412 e. The average Bonchev–Trinajstić information content (AvgIpc) is 2.58. The van der Waals surface area contributed by atoms with Crippen molar-refractivity contribution in [1.82, 2.24) is 4.90 Å². The van der Waals surface area contributed by atoms with E-state index in [-0.39, 0.29) is 12.2 Å². The molecule has 1 unspecified atom stereocenters. The predicted octanol–water partition coefficient (Wildman–Crippen LogP) is 3.66. The molecule has 1 aliphatic heterocycles. The van der Waals surface area contributed by atoms with E-state index < -0.39 is 11.3 Å². The van der Waals surface area contributed by atoms with Crippen molar-refractivity contribution in [2.24, 2.45) is 0 Å². The second-order valence-electron chi connectivity index (χ2n) is 6.20. The van der Waals surface area contributed by atoms with Crippen LogP contribution in [0.15, 0.2) is 37.0 Å². The van der Waals surface area contributed by atoms with Crippen molar-refractivity contribution in [2.45, 2.75) is 52.0 Å². The predicted molar refractivity (Wildman–Crippen MR) is 80.4 cm³/mol. The minimum Gasteiger partial charge on any atom is -0.444 e. The minimum atomic E-state index is -0.667. The van der Waals surface area contributed by atoms with Crippen molar-refractivity contribution in [1.29, 1.82) is 0 Å². The second kappa shape index (κ2) is 6.27. The van der Waals surface area contributed by atoms with Gasteiger partial charge in [0.25, 0.3) is 0 Å². The normalized spacial score (nSPS) is 22.6. The van der Waals surface area contributed by atoms with E-state index >= 15 is 0 Å². The van der Waals surface area contributed by atoms with Crippen LogP contribution in [0, 0.1) is 0 Å². The molecule has 20 heavy (non-hydrogen) atoms. The molecule has 1 rings (SSSR count). The highest BCUT2D eigenvalue weighted by Crippen LogP contribution is 2.29. The molecule has 1 atom stereocenters. The Hall–Kier alpha value is -1.55. The Morgan fingerprint density at radius 1 is 1.35 bits per heavy atom. The summed E-state index contributed by atoms with van der Waals surface area (Å²) in [4.78, 5) is 13.8. The summed E-state index contributed by atoms with van der Waals surface area (Å²) in [5, 5.41) is 0. The first-order valence-corrected chi connectivity index (χ1v) is 6.80. The molecule has 0 N–H and O–H groups in total. The molecule has 4 nitrogen and oxygen atoms in total. The van der Waals surface area contributed by atoms with Crippen LogP contribution in [-0.4, -0.2) is 35.0 Å². The molecule has 112 valence electrons. The molecule has 1 heterocycles. The van der Waals surface area contributed by atoms with Gasteiger partial charge in [-0.15, -0.1) is 0 Å². The first-order chi connectivity index (χ1) is 9.15. The van der Waals surface area contributed by atoms with Crippen molar-refractivity contribution < 1.29 is 14.3 Å². The van der Waals surface area contributed by atoms with Gasteiger partial charge in [0.2, 0.25) is 0 Å². The van der Waals surface area contributed by atoms with E-state index in [1.54, 1.807) is 11.0 Å². The molecular formula is C16H25NO3. The van der Waals surface area contributed by atoms with Crippen LogP contribution in [0.2, 0.25) is 0 Å². The molecule has 1 fully saturated rings. The van der Waals surface area contributed by atoms with Crippen LogP contribution >= 0.6 is 0 Å². The number of nitrogens with zero attached hydrogens (tertiary/aromatic N) is 1. The Labute approximate surface area is 121 Å². The van der Waals surface area contributed by atoms with Gasteiger partial charge in [-0.2, -0.15) is 0 Å². The Kier molecular flexibility index (Phi) is 5.17. The molecule has 1 aliphatic rings. The molecule has 0 aromatic rings. The van der Waals surface area contributed by atoms with Gasteiger partial charge >= 0.3 is 6.09 Å². The van der Waals surface area contributed by atoms with Crippen molar-refractivity contribution in [2.75, 3.05) is 6.54 Å². The quantitative estimate of drug-likeness (QED) is 0.740. The number of amides is 1. The summed E-state index contributed by atoms with van der Waals surface area (Å²) in [6, 6.07) is 0. The molecule has 4 heteroatoms. The second-order valence-corrected chi connectivity index (χ2v) is 6.20. The van der Waals surface area contributed by atoms with Gasteiger partial charge in [0, 0.05) is 0 Å². The molecule has 0 aromatic heterocycles. The summed E-state index contributed by atoms with van der Waals surface area (Å²) in [5.41, 5.74) is -1.17. The van der Waals surface area contributed by atoms with Gasteiger partial charge in [0.15, 0.2) is 0 Å². The lowest BCUT2D eigenvalue weighted by molar-refractivity contribution is -0.0699. The molecule has 0 bridgehead atoms. The van der Waals surface area contributed by atoms with Gasteiger partial charge in [0.1, 0.15) is 11.3 Å². The van der Waals surface area contributed by atoms with Crippen LogP contribution in [0.1, 0.15) is 34.6 Å². The van der Waals surface area contributed by atoms with Crippen molar-refractivity contribution in [3.05, 3.63) is 37.0 Å². The highest BCUT2D eigenvalue weighted by Gasteiger charge is 2.43. The summed E-state index contributed by atoms with van der Waals surface area (Å²) >= 11 is 0. The van der Waals surface area contributed by atoms with Crippen molar-refractivity contribution >= 4 is 6.09 Å². The number of carbonyl (C=O) groups is 1. The minimum absolute atomic E-state index is 0.132. The van der Waals surface area contributed by atoms with E-state index in [0.29, 0.717) is 6.54 Å². The lowest BCUT2D eigenvalue weighted by atomic mass is 10.2. The number of allylic oxidation sites excluding steroid dienone is 4. The van der Waals surface area contributed by atoms with Crippen LogP contribution in [-0.2, 0) is 9.47 Å². The van der Waals surface area contributed by atoms with Crippen LogP contribution in [0.25, 0.3) is 0 Å². The maximum atomic E-state index is 12.2. The molecule has 0 saturated carbocycles. The Bertz CT molecular complexity index is 416. The molecular weight excluding hydrogens is 254 g/mol. The summed E-state index contributed by atoms with van der Waals surface area (Å²) in [6.45, 7) is 13.4. The topological polar surface area (TPSA) is 38.8 Å². The van der Waals surface area contributed by atoms with Crippen LogP contribution in [0.5, 0.6) is 0 Å². The molecule has 1 saturated heterocycles. The Morgan fingerprint density at radius 2 is 2.00 bits per heavy atom. The molecule has 0 spiro atoms. The molecule has 1 amide bonds. The number of carbonyl (C=O) groups excluding carboxylic acids is 1. The number of rotatable bonds is 3. The van der Waals surface area contributed by atoms with Crippen molar-refractivity contribution in [3.8, 4) is 0 Å². The summed E-state index contributed by atoms with van der Waals surface area (Å²) < 4.78 is 11.3. The smallest absolute Gasteiger partial charge is 0.412 e. The standard InChI is InChI=1S/C16H25NO3/c1-7-8-9-10-11-13-12-17(16(5,6)19-13)14(18)20-15(2,3)4/h7-11,13H,1,12H2,2-6H3/b9-8-,11-10+. The zero-order valence-corrected chi connectivity index (χ0v) is 13.1. The monoisotopic (exact) mass is 279 g/mol. The molecule has 0 aromatic carbocycles. The average molecular weight is 279 g/mol. The first-order valence-electron chi connectivity index (χ1n) is 6.80. The van der Waals surface area contributed by atoms with E-state index in [1.165, 1.54) is 0 Å². The number of hydrogen-bond acceptors (Lipinski definition) is 3. The van der Waals surface area contributed by atoms with Crippen LogP contribution in [0.3, 0.4) is 0 Å². The van der Waals surface area contributed by atoms with E-state index in [0.717, 1.165) is 0 Å². The fraction of sp³-hybridized carbons (Fsp3) is 0.562. The highest BCUT2D eigenvalue weighted by molar-refractivity contribution is 5.69. The van der Waals surface area contributed by atoms with Gasteiger partial charge < -0.3 is 9.47 Å². The number of ether oxygens (including phenoxy) is 2. The van der Waals surface area contributed by atoms with Gasteiger partial charge in [-0.1, -0.05) is 37.0 Å². The largest absolute Gasteiger partial charge is 0.444 e. The van der Waals surface area contributed by atoms with E-state index in [2.05, 4.69) is 6.58 Å². The third kappa shape index (κ3) is 4.85. The van der Waals surface area contributed by atoms with E-state index in [1.807, 2.05) is 58.9 Å². The maximum absolute atomic E-state index is 12.2. The van der Waals surface area contributed by atoms with Gasteiger partial charge in [-0.3, -0.25) is 4.90 Å². The van der Waals surface area contributed by atoms with Crippen LogP contribution in [0.4, 0.5) is 4.79 Å². The van der Waals surface area contributed by atoms with E-state index in [9.17, 15) is 4.79 Å². The lowest BCUT2D eigenvalue weighted by Gasteiger charge is -2.31. The van der Waals surface area contributed by atoms with Gasteiger partial charge in [0.05, 0.1) is 12.6 Å².